The molecule has 1 aliphatic heterocycles. The number of thioether (sulfide) groups is 1. The average Bonchev–Trinajstić information content (AvgIpc) is 3.56. The SMILES string of the molecule is Cn1c(SCC(=O)N2N=C(c3cccs3)CC2c2ccco2)nnc1-c1ccco1. The summed E-state index contributed by atoms with van der Waals surface area (Å²) >= 11 is 2.93. The van der Waals surface area contributed by atoms with Crippen LogP contribution in [0.1, 0.15) is 23.1 Å². The van der Waals surface area contributed by atoms with Crippen LogP contribution < -0.4 is 0 Å². The van der Waals surface area contributed by atoms with Crippen molar-refractivity contribution >= 4 is 34.7 Å². The summed E-state index contributed by atoms with van der Waals surface area (Å²) in [6.07, 6.45) is 3.83. The normalized spacial score (nSPS) is 16.2. The van der Waals surface area contributed by atoms with Crippen LogP contribution in [0.25, 0.3) is 11.6 Å². The van der Waals surface area contributed by atoms with E-state index in [0.29, 0.717) is 23.2 Å². The summed E-state index contributed by atoms with van der Waals surface area (Å²) < 4.78 is 12.8. The molecular weight excluding hydrogens is 422 g/mol. The van der Waals surface area contributed by atoms with E-state index in [1.807, 2.05) is 47.3 Å². The van der Waals surface area contributed by atoms with E-state index in [4.69, 9.17) is 8.83 Å². The second kappa shape index (κ2) is 7.96. The van der Waals surface area contributed by atoms with Gasteiger partial charge in [-0.3, -0.25) is 4.79 Å². The van der Waals surface area contributed by atoms with Crippen molar-refractivity contribution in [2.75, 3.05) is 5.75 Å². The number of hydrogen-bond acceptors (Lipinski definition) is 8. The van der Waals surface area contributed by atoms with Crippen LogP contribution in [0.5, 0.6) is 0 Å². The van der Waals surface area contributed by atoms with Crippen molar-refractivity contribution in [1.29, 1.82) is 0 Å². The lowest BCUT2D eigenvalue weighted by Crippen LogP contribution is -2.28. The van der Waals surface area contributed by atoms with Crippen molar-refractivity contribution in [3.63, 3.8) is 0 Å². The van der Waals surface area contributed by atoms with Gasteiger partial charge in [0.1, 0.15) is 11.8 Å². The lowest BCUT2D eigenvalue weighted by atomic mass is 10.1. The van der Waals surface area contributed by atoms with Crippen LogP contribution in [-0.4, -0.2) is 37.1 Å². The maximum atomic E-state index is 13.1. The van der Waals surface area contributed by atoms with E-state index in [1.54, 1.807) is 29.9 Å². The second-order valence-electron chi connectivity index (χ2n) is 6.63. The van der Waals surface area contributed by atoms with Crippen molar-refractivity contribution in [3.8, 4) is 11.6 Å². The zero-order chi connectivity index (χ0) is 20.5. The molecule has 0 spiro atoms. The number of thiophene rings is 1. The van der Waals surface area contributed by atoms with E-state index in [0.717, 1.165) is 16.3 Å². The molecule has 0 saturated heterocycles. The summed E-state index contributed by atoms with van der Waals surface area (Å²) in [5.74, 6) is 2.04. The molecule has 1 amide bonds. The topological polar surface area (TPSA) is 89.7 Å². The molecule has 5 rings (SSSR count). The summed E-state index contributed by atoms with van der Waals surface area (Å²) in [5.41, 5.74) is 0.892. The number of amides is 1. The molecule has 0 fully saturated rings. The van der Waals surface area contributed by atoms with Crippen molar-refractivity contribution in [2.24, 2.45) is 12.1 Å². The highest BCUT2D eigenvalue weighted by Gasteiger charge is 2.35. The van der Waals surface area contributed by atoms with Gasteiger partial charge in [0.15, 0.2) is 16.7 Å². The number of aromatic nitrogens is 3. The predicted molar refractivity (Wildman–Crippen MR) is 113 cm³/mol. The van der Waals surface area contributed by atoms with E-state index in [-0.39, 0.29) is 17.7 Å². The highest BCUT2D eigenvalue weighted by Crippen LogP contribution is 2.35. The monoisotopic (exact) mass is 439 g/mol. The Morgan fingerprint density at radius 2 is 2.07 bits per heavy atom. The molecular formula is C20H17N5O3S2. The standard InChI is InChI=1S/C20H17N5O3S2/c1-24-19(16-6-3-9-28-16)21-22-20(24)30-12-18(26)25-14(15-5-2-8-27-15)11-13(23-25)17-7-4-10-29-17/h2-10,14H,11-12H2,1H3. The summed E-state index contributed by atoms with van der Waals surface area (Å²) in [5, 5.41) is 17.2. The zero-order valence-electron chi connectivity index (χ0n) is 16.0. The largest absolute Gasteiger partial charge is 0.467 e. The third kappa shape index (κ3) is 3.48. The van der Waals surface area contributed by atoms with E-state index in [1.165, 1.54) is 16.8 Å². The molecule has 10 heteroatoms. The Hall–Kier alpha value is -3.11. The van der Waals surface area contributed by atoms with Gasteiger partial charge in [0, 0.05) is 13.5 Å². The quantitative estimate of drug-likeness (QED) is 0.418. The Balaban J connectivity index is 1.34. The van der Waals surface area contributed by atoms with Crippen molar-refractivity contribution in [1.82, 2.24) is 19.8 Å². The first-order valence-corrected chi connectivity index (χ1v) is 11.1. The average molecular weight is 440 g/mol. The minimum atomic E-state index is -0.247. The molecule has 152 valence electrons. The van der Waals surface area contributed by atoms with Crippen molar-refractivity contribution in [3.05, 3.63) is 64.9 Å². The Morgan fingerprint density at radius 3 is 2.80 bits per heavy atom. The first-order valence-electron chi connectivity index (χ1n) is 9.23. The van der Waals surface area contributed by atoms with E-state index in [2.05, 4.69) is 15.3 Å². The number of carbonyl (C=O) groups excluding carboxylic acids is 1. The van der Waals surface area contributed by atoms with Gasteiger partial charge < -0.3 is 13.4 Å². The van der Waals surface area contributed by atoms with Crippen LogP contribution in [-0.2, 0) is 11.8 Å². The molecule has 5 heterocycles. The molecule has 1 aliphatic rings. The molecule has 30 heavy (non-hydrogen) atoms. The summed E-state index contributed by atoms with van der Waals surface area (Å²) in [4.78, 5) is 14.1. The fourth-order valence-corrected chi connectivity index (χ4v) is 4.77. The Bertz CT molecular complexity index is 1160. The summed E-state index contributed by atoms with van der Waals surface area (Å²) in [7, 11) is 1.85. The lowest BCUT2D eigenvalue weighted by Gasteiger charge is -2.19. The summed E-state index contributed by atoms with van der Waals surface area (Å²) in [6, 6.07) is 11.1. The number of hydrazone groups is 1. The lowest BCUT2D eigenvalue weighted by molar-refractivity contribution is -0.130. The highest BCUT2D eigenvalue weighted by molar-refractivity contribution is 7.99. The molecule has 8 nitrogen and oxygen atoms in total. The molecule has 0 aromatic carbocycles. The van der Waals surface area contributed by atoms with Gasteiger partial charge in [0.2, 0.25) is 0 Å². The van der Waals surface area contributed by atoms with Crippen molar-refractivity contribution < 1.29 is 13.6 Å². The van der Waals surface area contributed by atoms with Crippen LogP contribution in [0.2, 0.25) is 0 Å². The molecule has 1 unspecified atom stereocenters. The number of rotatable bonds is 6. The number of nitrogens with zero attached hydrogens (tertiary/aromatic N) is 5. The fourth-order valence-electron chi connectivity index (χ4n) is 3.29. The molecule has 4 aromatic rings. The number of hydrogen-bond donors (Lipinski definition) is 0. The van der Waals surface area contributed by atoms with Crippen molar-refractivity contribution in [2.45, 2.75) is 17.6 Å². The van der Waals surface area contributed by atoms with Crippen LogP contribution in [0.3, 0.4) is 0 Å². The molecule has 1 atom stereocenters. The Morgan fingerprint density at radius 1 is 1.20 bits per heavy atom. The van der Waals surface area contributed by atoms with E-state index < -0.39 is 0 Å². The maximum absolute atomic E-state index is 13.1. The van der Waals surface area contributed by atoms with Gasteiger partial charge in [0.05, 0.1) is 28.9 Å². The Labute approximate surface area is 180 Å². The van der Waals surface area contributed by atoms with E-state index >= 15 is 0 Å². The summed E-state index contributed by atoms with van der Waals surface area (Å²) in [6.45, 7) is 0. The van der Waals surface area contributed by atoms with Crippen LogP contribution in [0.15, 0.2) is 73.4 Å². The van der Waals surface area contributed by atoms with Gasteiger partial charge >= 0.3 is 0 Å². The first-order chi connectivity index (χ1) is 14.7. The molecule has 0 aliphatic carbocycles. The Kier molecular flexibility index (Phi) is 5.01. The molecule has 0 radical (unpaired) electrons. The predicted octanol–water partition coefficient (Wildman–Crippen LogP) is 4.20. The van der Waals surface area contributed by atoms with Crippen LogP contribution in [0.4, 0.5) is 0 Å². The molecule has 4 aromatic heterocycles. The molecule has 0 N–H and O–H groups in total. The maximum Gasteiger partial charge on any atom is 0.253 e. The first kappa shape index (κ1) is 18.9. The van der Waals surface area contributed by atoms with Crippen LogP contribution >= 0.6 is 23.1 Å². The minimum Gasteiger partial charge on any atom is -0.467 e. The van der Waals surface area contributed by atoms with Gasteiger partial charge in [-0.25, -0.2) is 5.01 Å². The third-order valence-corrected chi connectivity index (χ3v) is 6.67. The van der Waals surface area contributed by atoms with Gasteiger partial charge in [-0.1, -0.05) is 17.8 Å². The third-order valence-electron chi connectivity index (χ3n) is 4.74. The molecule has 0 saturated carbocycles. The zero-order valence-corrected chi connectivity index (χ0v) is 17.6. The molecule has 0 bridgehead atoms. The van der Waals surface area contributed by atoms with Gasteiger partial charge in [0.25, 0.3) is 5.91 Å². The van der Waals surface area contributed by atoms with E-state index in [9.17, 15) is 4.79 Å². The van der Waals surface area contributed by atoms with Gasteiger partial charge in [-0.05, 0) is 35.7 Å². The number of furan rings is 2. The highest BCUT2D eigenvalue weighted by atomic mass is 32.2. The fraction of sp³-hybridized carbons (Fsp3) is 0.200. The number of carbonyl (C=O) groups is 1. The van der Waals surface area contributed by atoms with Gasteiger partial charge in [-0.2, -0.15) is 5.10 Å². The smallest absolute Gasteiger partial charge is 0.253 e. The minimum absolute atomic E-state index is 0.115. The van der Waals surface area contributed by atoms with Gasteiger partial charge in [-0.15, -0.1) is 21.5 Å². The van der Waals surface area contributed by atoms with Crippen LogP contribution in [0, 0.1) is 0 Å². The second-order valence-corrected chi connectivity index (χ2v) is 8.52.